The van der Waals surface area contributed by atoms with Gasteiger partial charge in [0.25, 0.3) is 0 Å². The first-order chi connectivity index (χ1) is 13.5. The Morgan fingerprint density at radius 1 is 0.621 bits per heavy atom. The maximum absolute atomic E-state index is 12.3. The predicted molar refractivity (Wildman–Crippen MR) is 87.8 cm³/mol. The molecule has 6 nitrogen and oxygen atoms in total. The van der Waals surface area contributed by atoms with E-state index in [-0.39, 0.29) is 23.0 Å². The zero-order valence-corrected chi connectivity index (χ0v) is 14.9. The smallest absolute Gasteiger partial charge is 0.526 e. The molecule has 2 aromatic rings. The second-order valence-electron chi connectivity index (χ2n) is 5.13. The van der Waals surface area contributed by atoms with Crippen molar-refractivity contribution in [3.63, 3.8) is 0 Å². The van der Waals surface area contributed by atoms with Gasteiger partial charge < -0.3 is 28.3 Å². The fourth-order valence-electron chi connectivity index (χ4n) is 2.08. The van der Waals surface area contributed by atoms with Crippen LogP contribution in [0.2, 0.25) is 0 Å². The van der Waals surface area contributed by atoms with Gasteiger partial charge in [-0.1, -0.05) is 0 Å². The van der Waals surface area contributed by atoms with Gasteiger partial charge in [-0.3, -0.25) is 0 Å². The Labute approximate surface area is 161 Å². The maximum Gasteiger partial charge on any atom is 0.576 e. The molecule has 2 aromatic carbocycles. The molecule has 0 aliphatic rings. The van der Waals surface area contributed by atoms with Crippen LogP contribution < -0.4 is 28.3 Å². The van der Waals surface area contributed by atoms with E-state index in [2.05, 4.69) is 9.47 Å². The van der Waals surface area contributed by atoms with Crippen LogP contribution in [-0.2, 0) is 0 Å². The number of hydrogen-bond donors (Lipinski definition) is 0. The quantitative estimate of drug-likeness (QED) is 0.466. The summed E-state index contributed by atoms with van der Waals surface area (Å²) in [4.78, 5) is 0. The lowest BCUT2D eigenvalue weighted by atomic mass is 10.2. The van der Waals surface area contributed by atoms with Gasteiger partial charge in [-0.15, -0.1) is 26.3 Å². The molecule has 29 heavy (non-hydrogen) atoms. The van der Waals surface area contributed by atoms with Gasteiger partial charge in [-0.2, -0.15) is 0 Å². The Morgan fingerprint density at radius 3 is 1.31 bits per heavy atom. The first-order valence-corrected chi connectivity index (χ1v) is 7.64. The molecule has 0 N–H and O–H groups in total. The summed E-state index contributed by atoms with van der Waals surface area (Å²) in [7, 11) is 1.97. The Bertz CT molecular complexity index is 759. The van der Waals surface area contributed by atoms with Gasteiger partial charge >= 0.3 is 20.4 Å². The highest BCUT2D eigenvalue weighted by atomic mass is 19.4. The number of ether oxygens (including phenoxy) is 4. The van der Waals surface area contributed by atoms with Crippen molar-refractivity contribution in [3.8, 4) is 34.5 Å². The molecule has 0 unspecified atom stereocenters. The topological polar surface area (TPSA) is 55.4 Å². The van der Waals surface area contributed by atoms with Crippen molar-refractivity contribution < 1.29 is 54.6 Å². The summed E-state index contributed by atoms with van der Waals surface area (Å²) in [6, 6.07) is 6.28. The van der Waals surface area contributed by atoms with Crippen LogP contribution in [0.15, 0.2) is 36.4 Å². The Morgan fingerprint density at radius 2 is 1.00 bits per heavy atom. The Kier molecular flexibility index (Phi) is 6.82. The van der Waals surface area contributed by atoms with E-state index in [1.807, 2.05) is 0 Å². The first-order valence-electron chi connectivity index (χ1n) is 7.64. The fourth-order valence-corrected chi connectivity index (χ4v) is 2.08. The number of benzene rings is 2. The van der Waals surface area contributed by atoms with Crippen molar-refractivity contribution in [1.82, 2.24) is 0 Å². The summed E-state index contributed by atoms with van der Waals surface area (Å²) in [5.41, 5.74) is 0. The molecule has 0 atom stereocenters. The van der Waals surface area contributed by atoms with E-state index in [9.17, 15) is 26.3 Å². The second kappa shape index (κ2) is 8.92. The molecule has 0 aliphatic carbocycles. The molecule has 0 radical (unpaired) electrons. The predicted octanol–water partition coefficient (Wildman–Crippen LogP) is 4.23. The molecule has 2 rings (SSSR count). The van der Waals surface area contributed by atoms with Crippen LogP contribution in [0.4, 0.5) is 26.3 Å². The van der Waals surface area contributed by atoms with Crippen molar-refractivity contribution in [2.75, 3.05) is 14.2 Å². The SMILES string of the molecule is COc1cc(OC(F)(F)F)ccc1OBOc1ccc(OC(F)(F)F)cc1OC. The molecule has 158 valence electrons. The minimum atomic E-state index is -4.87. The molecule has 0 heterocycles. The van der Waals surface area contributed by atoms with Gasteiger partial charge in [-0.25, -0.2) is 0 Å². The van der Waals surface area contributed by atoms with Gasteiger partial charge in [0, 0.05) is 12.1 Å². The number of rotatable bonds is 8. The van der Waals surface area contributed by atoms with Gasteiger partial charge in [-0.05, 0) is 24.3 Å². The van der Waals surface area contributed by atoms with Crippen LogP contribution in [0.3, 0.4) is 0 Å². The number of halogens is 6. The molecule has 0 spiro atoms. The molecular weight excluding hydrogens is 413 g/mol. The highest BCUT2D eigenvalue weighted by Gasteiger charge is 2.32. The summed E-state index contributed by atoms with van der Waals surface area (Å²) < 4.78 is 102. The van der Waals surface area contributed by atoms with Gasteiger partial charge in [0.15, 0.2) is 11.5 Å². The van der Waals surface area contributed by atoms with E-state index in [1.165, 1.54) is 26.4 Å². The van der Waals surface area contributed by atoms with E-state index in [0.29, 0.717) is 0 Å². The van der Waals surface area contributed by atoms with E-state index in [1.54, 1.807) is 0 Å². The number of alkyl halides is 6. The Balaban J connectivity index is 2.04. The number of hydrogen-bond acceptors (Lipinski definition) is 6. The summed E-state index contributed by atoms with van der Waals surface area (Å²) in [6.45, 7) is 0. The summed E-state index contributed by atoms with van der Waals surface area (Å²) in [6.07, 6.45) is -9.73. The zero-order valence-electron chi connectivity index (χ0n) is 14.9. The van der Waals surface area contributed by atoms with Crippen LogP contribution in [0.5, 0.6) is 34.5 Å². The molecule has 0 aromatic heterocycles. The minimum absolute atomic E-state index is 0.0398. The summed E-state index contributed by atoms with van der Waals surface area (Å²) in [5.74, 6) is -1.06. The van der Waals surface area contributed by atoms with Crippen LogP contribution in [0.1, 0.15) is 0 Å². The molecular formula is C16H13BF6O6. The second-order valence-corrected chi connectivity index (χ2v) is 5.13. The van der Waals surface area contributed by atoms with Crippen molar-refractivity contribution >= 4 is 7.69 Å². The maximum atomic E-state index is 12.3. The van der Waals surface area contributed by atoms with Crippen LogP contribution in [0, 0.1) is 0 Å². The lowest BCUT2D eigenvalue weighted by Crippen LogP contribution is -2.17. The lowest BCUT2D eigenvalue weighted by Gasteiger charge is -2.15. The normalized spacial score (nSPS) is 11.4. The summed E-state index contributed by atoms with van der Waals surface area (Å²) >= 11 is 0. The molecule has 0 aliphatic heterocycles. The van der Waals surface area contributed by atoms with E-state index in [4.69, 9.17) is 18.8 Å². The third-order valence-corrected chi connectivity index (χ3v) is 3.17. The molecule has 0 saturated heterocycles. The highest BCUT2D eigenvalue weighted by molar-refractivity contribution is 6.21. The zero-order chi connectivity index (χ0) is 21.7. The molecule has 0 fully saturated rings. The van der Waals surface area contributed by atoms with Crippen molar-refractivity contribution in [3.05, 3.63) is 36.4 Å². The monoisotopic (exact) mass is 426 g/mol. The highest BCUT2D eigenvalue weighted by Crippen LogP contribution is 2.35. The van der Waals surface area contributed by atoms with Crippen molar-refractivity contribution in [1.29, 1.82) is 0 Å². The van der Waals surface area contributed by atoms with Crippen molar-refractivity contribution in [2.24, 2.45) is 0 Å². The van der Waals surface area contributed by atoms with Crippen LogP contribution in [-0.4, -0.2) is 34.6 Å². The van der Waals surface area contributed by atoms with Gasteiger partial charge in [0.2, 0.25) is 0 Å². The average Bonchev–Trinajstić information content (AvgIpc) is 2.61. The Hall–Kier alpha value is -3.12. The first kappa shape index (κ1) is 22.2. The fraction of sp³-hybridized carbons (Fsp3) is 0.250. The van der Waals surface area contributed by atoms with Gasteiger partial charge in [0.1, 0.15) is 23.0 Å². The molecule has 0 saturated carbocycles. The van der Waals surface area contributed by atoms with E-state index < -0.39 is 31.9 Å². The largest absolute Gasteiger partial charge is 0.576 e. The molecule has 0 amide bonds. The van der Waals surface area contributed by atoms with Gasteiger partial charge in [0.05, 0.1) is 14.2 Å². The standard InChI is InChI=1S/C16H13BF6O6/c1-24-13-7-9(26-15(18,19)20)3-5-11(13)28-17-29-12-6-4-10(8-14(12)25-2)27-16(21,22)23/h3-8,17H,1-2H3. The van der Waals surface area contributed by atoms with E-state index in [0.717, 1.165) is 24.3 Å². The molecule has 13 heteroatoms. The van der Waals surface area contributed by atoms with Crippen molar-refractivity contribution in [2.45, 2.75) is 12.7 Å². The van der Waals surface area contributed by atoms with Crippen LogP contribution >= 0.6 is 0 Å². The molecule has 0 bridgehead atoms. The minimum Gasteiger partial charge on any atom is -0.526 e. The number of methoxy groups -OCH3 is 2. The third kappa shape index (κ3) is 7.09. The third-order valence-electron chi connectivity index (χ3n) is 3.17. The summed E-state index contributed by atoms with van der Waals surface area (Å²) in [5, 5.41) is 0. The van der Waals surface area contributed by atoms with E-state index >= 15 is 0 Å². The average molecular weight is 426 g/mol. The lowest BCUT2D eigenvalue weighted by molar-refractivity contribution is -0.275. The van der Waals surface area contributed by atoms with Crippen LogP contribution in [0.25, 0.3) is 0 Å².